The zero-order valence-corrected chi connectivity index (χ0v) is 15.0. The molecule has 1 aromatic carbocycles. The third-order valence-electron chi connectivity index (χ3n) is 5.74. The molecular weight excluding hydrogens is 306 g/mol. The van der Waals surface area contributed by atoms with E-state index in [1.807, 2.05) is 6.20 Å². The lowest BCUT2D eigenvalue weighted by molar-refractivity contribution is 0.248. The van der Waals surface area contributed by atoms with Crippen molar-refractivity contribution in [3.63, 3.8) is 0 Å². The van der Waals surface area contributed by atoms with Gasteiger partial charge in [-0.1, -0.05) is 55.7 Å². The summed E-state index contributed by atoms with van der Waals surface area (Å²) in [4.78, 5) is 7.34. The Labute approximate surface area is 151 Å². The van der Waals surface area contributed by atoms with E-state index in [9.17, 15) is 0 Å². The number of hydrogen-bond donors (Lipinski definition) is 1. The van der Waals surface area contributed by atoms with Gasteiger partial charge < -0.3 is 5.32 Å². The van der Waals surface area contributed by atoms with Crippen LogP contribution in [0.5, 0.6) is 0 Å². The largest absolute Gasteiger partial charge is 0.367 e. The third-order valence-corrected chi connectivity index (χ3v) is 5.74. The first kappa shape index (κ1) is 16.6. The molecule has 2 fully saturated rings. The van der Waals surface area contributed by atoms with Crippen molar-refractivity contribution in [2.45, 2.75) is 63.6 Å². The molecule has 1 saturated carbocycles. The molecule has 132 valence electrons. The van der Waals surface area contributed by atoms with Crippen molar-refractivity contribution < 1.29 is 0 Å². The molecular formula is C22H29N3. The van der Waals surface area contributed by atoms with E-state index in [-0.39, 0.29) is 0 Å². The molecule has 1 saturated heterocycles. The van der Waals surface area contributed by atoms with Gasteiger partial charge in [0.25, 0.3) is 0 Å². The quantitative estimate of drug-likeness (QED) is 0.817. The second kappa shape index (κ2) is 8.01. The minimum Gasteiger partial charge on any atom is -0.367 e. The molecule has 1 aromatic heterocycles. The number of pyridine rings is 1. The van der Waals surface area contributed by atoms with Gasteiger partial charge in [-0.15, -0.1) is 0 Å². The van der Waals surface area contributed by atoms with Crippen LogP contribution in [0.2, 0.25) is 0 Å². The second-order valence-corrected chi connectivity index (χ2v) is 7.53. The highest BCUT2D eigenvalue weighted by molar-refractivity contribution is 5.47. The maximum atomic E-state index is 4.72. The van der Waals surface area contributed by atoms with E-state index in [4.69, 9.17) is 4.98 Å². The van der Waals surface area contributed by atoms with E-state index in [1.54, 1.807) is 0 Å². The number of aromatic nitrogens is 1. The summed E-state index contributed by atoms with van der Waals surface area (Å²) in [5.74, 6) is 1.12. The number of rotatable bonds is 5. The number of likely N-dealkylation sites (tertiary alicyclic amines) is 1. The fourth-order valence-electron chi connectivity index (χ4n) is 4.43. The molecule has 1 atom stereocenters. The number of nitrogens with one attached hydrogen (secondary N) is 1. The molecule has 0 spiro atoms. The molecule has 0 radical (unpaired) electrons. The van der Waals surface area contributed by atoms with E-state index in [2.05, 4.69) is 52.7 Å². The highest BCUT2D eigenvalue weighted by Crippen LogP contribution is 2.36. The topological polar surface area (TPSA) is 28.2 Å². The molecule has 0 bridgehead atoms. The Morgan fingerprint density at radius 1 is 0.920 bits per heavy atom. The first-order valence-electron chi connectivity index (χ1n) is 9.89. The van der Waals surface area contributed by atoms with Crippen LogP contribution in [0.25, 0.3) is 0 Å². The first-order chi connectivity index (χ1) is 12.4. The van der Waals surface area contributed by atoms with Gasteiger partial charge in [-0.05, 0) is 43.9 Å². The highest BCUT2D eigenvalue weighted by Gasteiger charge is 2.28. The van der Waals surface area contributed by atoms with Crippen LogP contribution in [-0.4, -0.2) is 22.5 Å². The molecule has 2 aliphatic rings. The van der Waals surface area contributed by atoms with Crippen molar-refractivity contribution in [2.24, 2.45) is 0 Å². The van der Waals surface area contributed by atoms with Crippen molar-refractivity contribution in [2.75, 3.05) is 11.9 Å². The lowest BCUT2D eigenvalue weighted by atomic mass is 9.95. The van der Waals surface area contributed by atoms with Gasteiger partial charge in [-0.25, -0.2) is 4.98 Å². The van der Waals surface area contributed by atoms with Crippen LogP contribution in [0.3, 0.4) is 0 Å². The molecule has 25 heavy (non-hydrogen) atoms. The summed E-state index contributed by atoms with van der Waals surface area (Å²) in [5.41, 5.74) is 2.79. The van der Waals surface area contributed by atoms with Crippen LogP contribution < -0.4 is 5.32 Å². The van der Waals surface area contributed by atoms with Crippen LogP contribution in [0, 0.1) is 0 Å². The summed E-state index contributed by atoms with van der Waals surface area (Å²) >= 11 is 0. The minimum atomic E-state index is 0.486. The summed E-state index contributed by atoms with van der Waals surface area (Å²) in [6.45, 7) is 2.21. The molecule has 1 N–H and O–H groups in total. The zero-order chi connectivity index (χ0) is 16.9. The van der Waals surface area contributed by atoms with Crippen molar-refractivity contribution in [1.82, 2.24) is 9.88 Å². The molecule has 1 aliphatic carbocycles. The van der Waals surface area contributed by atoms with E-state index in [0.717, 1.165) is 12.4 Å². The van der Waals surface area contributed by atoms with Gasteiger partial charge in [0, 0.05) is 30.4 Å². The summed E-state index contributed by atoms with van der Waals surface area (Å²) in [6.07, 6.45) is 11.1. The van der Waals surface area contributed by atoms with Gasteiger partial charge in [0.15, 0.2) is 0 Å². The third kappa shape index (κ3) is 4.04. The number of nitrogens with zero attached hydrogens (tertiary/aromatic N) is 2. The van der Waals surface area contributed by atoms with E-state index in [1.165, 1.54) is 62.6 Å². The van der Waals surface area contributed by atoms with E-state index in [0.29, 0.717) is 12.1 Å². The Hall–Kier alpha value is -1.87. The molecule has 0 unspecified atom stereocenters. The highest BCUT2D eigenvalue weighted by atomic mass is 15.2. The Morgan fingerprint density at radius 2 is 1.76 bits per heavy atom. The van der Waals surface area contributed by atoms with Crippen LogP contribution >= 0.6 is 0 Å². The predicted octanol–water partition coefficient (Wildman–Crippen LogP) is 5.16. The minimum absolute atomic E-state index is 0.486. The lowest BCUT2D eigenvalue weighted by Crippen LogP contribution is -2.27. The Bertz CT molecular complexity index is 664. The molecule has 4 rings (SSSR count). The van der Waals surface area contributed by atoms with Gasteiger partial charge in [0.1, 0.15) is 5.82 Å². The number of hydrogen-bond acceptors (Lipinski definition) is 3. The summed E-state index contributed by atoms with van der Waals surface area (Å²) in [7, 11) is 0. The standard InChI is InChI=1S/C22H29N3/c1-3-9-18(10-4-1)17-25-16-8-14-21(25)20-13-7-15-23-22(20)24-19-11-5-2-6-12-19/h1,3-4,7,9-10,13,15,19,21H,2,5-6,8,11-12,14,16-17H2,(H,23,24)/t21-/m1/s1. The Balaban J connectivity index is 1.51. The van der Waals surface area contributed by atoms with E-state index >= 15 is 0 Å². The lowest BCUT2D eigenvalue weighted by Gasteiger charge is -2.29. The molecule has 3 heteroatoms. The molecule has 1 aliphatic heterocycles. The second-order valence-electron chi connectivity index (χ2n) is 7.53. The predicted molar refractivity (Wildman–Crippen MR) is 104 cm³/mol. The number of anilines is 1. The van der Waals surface area contributed by atoms with Crippen LogP contribution in [-0.2, 0) is 6.54 Å². The molecule has 0 amide bonds. The summed E-state index contributed by atoms with van der Waals surface area (Å²) in [5, 5.41) is 3.77. The normalized spacial score (nSPS) is 22.2. The van der Waals surface area contributed by atoms with Gasteiger partial charge in [-0.2, -0.15) is 0 Å². The smallest absolute Gasteiger partial charge is 0.130 e. The average molecular weight is 335 g/mol. The summed E-state index contributed by atoms with van der Waals surface area (Å²) < 4.78 is 0. The maximum absolute atomic E-state index is 4.72. The molecule has 3 nitrogen and oxygen atoms in total. The Morgan fingerprint density at radius 3 is 2.60 bits per heavy atom. The van der Waals surface area contributed by atoms with Gasteiger partial charge in [-0.3, -0.25) is 4.90 Å². The van der Waals surface area contributed by atoms with Crippen molar-refractivity contribution in [3.05, 3.63) is 59.8 Å². The van der Waals surface area contributed by atoms with Crippen LogP contribution in [0.1, 0.15) is 62.1 Å². The van der Waals surface area contributed by atoms with E-state index < -0.39 is 0 Å². The van der Waals surface area contributed by atoms with Crippen LogP contribution in [0.15, 0.2) is 48.7 Å². The first-order valence-corrected chi connectivity index (χ1v) is 9.89. The monoisotopic (exact) mass is 335 g/mol. The van der Waals surface area contributed by atoms with Crippen molar-refractivity contribution in [3.8, 4) is 0 Å². The van der Waals surface area contributed by atoms with Gasteiger partial charge >= 0.3 is 0 Å². The molecule has 2 aromatic rings. The van der Waals surface area contributed by atoms with Gasteiger partial charge in [0.2, 0.25) is 0 Å². The summed E-state index contributed by atoms with van der Waals surface area (Å²) in [6, 6.07) is 16.3. The number of benzene rings is 1. The van der Waals surface area contributed by atoms with Crippen molar-refractivity contribution in [1.29, 1.82) is 0 Å². The Kier molecular flexibility index (Phi) is 5.31. The molecule has 2 heterocycles. The van der Waals surface area contributed by atoms with Gasteiger partial charge in [0.05, 0.1) is 0 Å². The average Bonchev–Trinajstić information content (AvgIpc) is 3.12. The fourth-order valence-corrected chi connectivity index (χ4v) is 4.43. The van der Waals surface area contributed by atoms with Crippen LogP contribution in [0.4, 0.5) is 5.82 Å². The fraction of sp³-hybridized carbons (Fsp3) is 0.500. The van der Waals surface area contributed by atoms with Crippen molar-refractivity contribution >= 4 is 5.82 Å². The maximum Gasteiger partial charge on any atom is 0.130 e. The zero-order valence-electron chi connectivity index (χ0n) is 15.0. The SMILES string of the molecule is c1ccc(CN2CCC[C@@H]2c2cccnc2NC2CCCCC2)cc1.